The van der Waals surface area contributed by atoms with E-state index in [1.54, 1.807) is 11.5 Å². The average molecular weight is 550 g/mol. The van der Waals surface area contributed by atoms with E-state index in [1.807, 2.05) is 18.9 Å². The van der Waals surface area contributed by atoms with Crippen molar-refractivity contribution >= 4 is 29.0 Å². The number of aromatic nitrogens is 1. The minimum absolute atomic E-state index is 0.0447. The molecule has 1 fully saturated rings. The highest BCUT2D eigenvalue weighted by molar-refractivity contribution is 7.09. The van der Waals surface area contributed by atoms with E-state index >= 15 is 0 Å². The summed E-state index contributed by atoms with van der Waals surface area (Å²) in [5, 5.41) is 11.6. The number of aromatic carboxylic acids is 1. The van der Waals surface area contributed by atoms with Gasteiger partial charge in [0.25, 0.3) is 0 Å². The topological polar surface area (TPSA) is 100 Å². The lowest BCUT2D eigenvalue weighted by atomic mass is 9.82. The molecule has 1 unspecified atom stereocenters. The average Bonchev–Trinajstić information content (AvgIpc) is 3.39. The van der Waals surface area contributed by atoms with Gasteiger partial charge >= 0.3 is 5.97 Å². The molecule has 9 heteroatoms. The molecule has 0 bridgehead atoms. The van der Waals surface area contributed by atoms with E-state index in [0.29, 0.717) is 13.0 Å². The fraction of sp³-hybridized carbons (Fsp3) is 0.724. The van der Waals surface area contributed by atoms with Crippen molar-refractivity contribution in [1.82, 2.24) is 14.8 Å². The van der Waals surface area contributed by atoms with Gasteiger partial charge in [0.05, 0.1) is 17.7 Å². The predicted octanol–water partition coefficient (Wildman–Crippen LogP) is 5.45. The molecule has 1 aromatic rings. The van der Waals surface area contributed by atoms with E-state index in [1.165, 1.54) is 11.3 Å². The van der Waals surface area contributed by atoms with Crippen molar-refractivity contribution in [2.24, 2.45) is 17.8 Å². The van der Waals surface area contributed by atoms with Crippen LogP contribution < -0.4 is 0 Å². The molecule has 1 N–H and O–H groups in total. The van der Waals surface area contributed by atoms with Crippen LogP contribution in [-0.2, 0) is 14.3 Å². The van der Waals surface area contributed by atoms with Crippen molar-refractivity contribution in [3.63, 3.8) is 0 Å². The highest BCUT2D eigenvalue weighted by Gasteiger charge is 2.38. The number of carboxylic acid groups (broad SMARTS) is 1. The number of hydrogen-bond acceptors (Lipinski definition) is 7. The fourth-order valence-electron chi connectivity index (χ4n) is 5.26. The number of amides is 1. The number of hydrogen-bond donors (Lipinski definition) is 1. The molecule has 0 aromatic carbocycles. The smallest absolute Gasteiger partial charge is 0.355 e. The van der Waals surface area contributed by atoms with Gasteiger partial charge < -0.3 is 14.7 Å². The van der Waals surface area contributed by atoms with Crippen LogP contribution in [-0.4, -0.2) is 76.6 Å². The Morgan fingerprint density at radius 2 is 2.00 bits per heavy atom. The zero-order chi connectivity index (χ0) is 28.4. The van der Waals surface area contributed by atoms with Crippen molar-refractivity contribution in [2.75, 3.05) is 26.9 Å². The highest BCUT2D eigenvalue weighted by Crippen LogP contribution is 2.32. The molecule has 38 heavy (non-hydrogen) atoms. The number of carbonyl (C=O) groups is 3. The second-order valence-electron chi connectivity index (χ2n) is 11.1. The van der Waals surface area contributed by atoms with Crippen LogP contribution in [0.1, 0.15) is 94.6 Å². The molecule has 1 amide bonds. The molecule has 2 heterocycles. The van der Waals surface area contributed by atoms with Crippen LogP contribution in [0.3, 0.4) is 0 Å². The Bertz CT molecular complexity index is 933. The van der Waals surface area contributed by atoms with Crippen LogP contribution >= 0.6 is 11.3 Å². The molecule has 8 nitrogen and oxygen atoms in total. The molecule has 1 aliphatic rings. The maximum atomic E-state index is 14.3. The number of ketones is 1. The number of likely N-dealkylation sites (tertiary alicyclic amines) is 1. The number of carboxylic acids is 1. The van der Waals surface area contributed by atoms with Gasteiger partial charge in [-0.3, -0.25) is 14.5 Å². The first-order valence-corrected chi connectivity index (χ1v) is 14.8. The molecule has 5 atom stereocenters. The summed E-state index contributed by atoms with van der Waals surface area (Å²) in [4.78, 5) is 47.3. The lowest BCUT2D eigenvalue weighted by Gasteiger charge is -2.39. The monoisotopic (exact) mass is 549 g/mol. The van der Waals surface area contributed by atoms with E-state index < -0.39 is 11.9 Å². The summed E-state index contributed by atoms with van der Waals surface area (Å²) in [7, 11) is 2.00. The number of nitrogens with zero attached hydrogens (tertiary/aromatic N) is 3. The number of carbonyl (C=O) groups excluding carboxylic acids is 2. The summed E-state index contributed by atoms with van der Waals surface area (Å²) in [5.74, 6) is -1.25. The van der Waals surface area contributed by atoms with Gasteiger partial charge in [0, 0.05) is 29.7 Å². The van der Waals surface area contributed by atoms with Gasteiger partial charge in [0.15, 0.2) is 11.5 Å². The van der Waals surface area contributed by atoms with Crippen molar-refractivity contribution < 1.29 is 24.2 Å². The summed E-state index contributed by atoms with van der Waals surface area (Å²) in [6, 6.07) is -0.290. The van der Waals surface area contributed by atoms with Crippen LogP contribution in [0.15, 0.2) is 18.0 Å². The number of rotatable bonds is 16. The highest BCUT2D eigenvalue weighted by atomic mass is 32.1. The molecule has 0 saturated carbocycles. The first-order chi connectivity index (χ1) is 18.0. The van der Waals surface area contributed by atoms with Crippen molar-refractivity contribution in [3.8, 4) is 0 Å². The van der Waals surface area contributed by atoms with Gasteiger partial charge in [0.2, 0.25) is 5.91 Å². The van der Waals surface area contributed by atoms with Gasteiger partial charge in [-0.15, -0.1) is 17.9 Å². The SMILES string of the molecule is C=CCOCN(C(=O)[C@@H](CC(=O)[C@H]1CCCCN1C)C(C)CC)[C@H](C[C@@H](C)c1nc(C(=O)O)cs1)C(C)C. The molecule has 1 aliphatic heterocycles. The lowest BCUT2D eigenvalue weighted by Crippen LogP contribution is -2.50. The molecule has 0 aliphatic carbocycles. The van der Waals surface area contributed by atoms with E-state index in [2.05, 4.69) is 44.2 Å². The Balaban J connectivity index is 2.33. The van der Waals surface area contributed by atoms with Gasteiger partial charge in [0.1, 0.15) is 6.73 Å². The van der Waals surface area contributed by atoms with Gasteiger partial charge in [-0.1, -0.05) is 53.5 Å². The van der Waals surface area contributed by atoms with Gasteiger partial charge in [-0.25, -0.2) is 9.78 Å². The van der Waals surface area contributed by atoms with Crippen LogP contribution in [0.2, 0.25) is 0 Å². The minimum atomic E-state index is -1.04. The predicted molar refractivity (Wildman–Crippen MR) is 151 cm³/mol. The van der Waals surface area contributed by atoms with E-state index in [-0.39, 0.29) is 60.4 Å². The van der Waals surface area contributed by atoms with Gasteiger partial charge in [-0.05, 0) is 44.7 Å². The summed E-state index contributed by atoms with van der Waals surface area (Å²) in [6.07, 6.45) is 6.29. The fourth-order valence-corrected chi connectivity index (χ4v) is 6.12. The Kier molecular flexibility index (Phi) is 13.1. The maximum Gasteiger partial charge on any atom is 0.355 e. The van der Waals surface area contributed by atoms with Crippen LogP contribution in [0.5, 0.6) is 0 Å². The quantitative estimate of drug-likeness (QED) is 0.166. The number of Topliss-reactive ketones (excluding diaryl/α,β-unsaturated/α-hetero) is 1. The largest absolute Gasteiger partial charge is 0.476 e. The first-order valence-electron chi connectivity index (χ1n) is 13.9. The molecule has 214 valence electrons. The van der Waals surface area contributed by atoms with Crippen LogP contribution in [0.25, 0.3) is 0 Å². The Morgan fingerprint density at radius 1 is 1.29 bits per heavy atom. The van der Waals surface area contributed by atoms with E-state index in [0.717, 1.165) is 37.2 Å². The number of likely N-dealkylation sites (N-methyl/N-ethyl adjacent to an activating group) is 1. The molecular weight excluding hydrogens is 502 g/mol. The van der Waals surface area contributed by atoms with Gasteiger partial charge in [-0.2, -0.15) is 0 Å². The van der Waals surface area contributed by atoms with Crippen molar-refractivity contribution in [1.29, 1.82) is 0 Å². The number of thiazole rings is 1. The number of ether oxygens (including phenoxy) is 1. The third-order valence-electron chi connectivity index (χ3n) is 7.89. The third-order valence-corrected chi connectivity index (χ3v) is 8.96. The normalized spacial score (nSPS) is 19.5. The van der Waals surface area contributed by atoms with Crippen LogP contribution in [0, 0.1) is 17.8 Å². The number of piperidine rings is 1. The Morgan fingerprint density at radius 3 is 2.55 bits per heavy atom. The zero-order valence-electron chi connectivity index (χ0n) is 24.0. The molecule has 0 spiro atoms. The Labute approximate surface area is 232 Å². The van der Waals surface area contributed by atoms with Crippen molar-refractivity contribution in [2.45, 2.75) is 91.1 Å². The van der Waals surface area contributed by atoms with E-state index in [9.17, 15) is 19.5 Å². The summed E-state index contributed by atoms with van der Waals surface area (Å²) in [6.45, 7) is 15.4. The Hall–Kier alpha value is -2.10. The second-order valence-corrected chi connectivity index (χ2v) is 12.0. The lowest BCUT2D eigenvalue weighted by molar-refractivity contribution is -0.150. The zero-order valence-corrected chi connectivity index (χ0v) is 24.8. The minimum Gasteiger partial charge on any atom is -0.476 e. The third kappa shape index (κ3) is 8.71. The summed E-state index contributed by atoms with van der Waals surface area (Å²) in [5.41, 5.74) is 0.0447. The molecule has 1 saturated heterocycles. The molecule has 2 rings (SSSR count). The summed E-state index contributed by atoms with van der Waals surface area (Å²) >= 11 is 1.33. The summed E-state index contributed by atoms with van der Waals surface area (Å²) < 4.78 is 5.83. The molecule has 1 aromatic heterocycles. The van der Waals surface area contributed by atoms with E-state index in [4.69, 9.17) is 4.74 Å². The maximum absolute atomic E-state index is 14.3. The van der Waals surface area contributed by atoms with Crippen LogP contribution in [0.4, 0.5) is 0 Å². The van der Waals surface area contributed by atoms with Crippen molar-refractivity contribution in [3.05, 3.63) is 28.7 Å². The first kappa shape index (κ1) is 32.1. The molecule has 0 radical (unpaired) electrons. The standard InChI is InChI=1S/C29H47N3O5S/c1-8-14-37-18-32(25(19(3)4)15-21(6)27-30-23(17-38-27)29(35)36)28(34)22(20(5)9-2)16-26(33)24-12-10-11-13-31(24)7/h8,17,19-22,24-25H,1,9-16,18H2,2-7H3,(H,35,36)/t20?,21-,22+,24-,25-/m1/s1. The second kappa shape index (κ2) is 15.5. The molecular formula is C29H47N3O5S.